The van der Waals surface area contributed by atoms with E-state index in [9.17, 15) is 33.9 Å². The molecular weight excluding hydrogens is 725 g/mol. The van der Waals surface area contributed by atoms with E-state index >= 15 is 0 Å². The van der Waals surface area contributed by atoms with Crippen molar-refractivity contribution in [1.82, 2.24) is 29.9 Å². The van der Waals surface area contributed by atoms with E-state index < -0.39 is 88.4 Å². The average Bonchev–Trinajstić information content (AvgIpc) is 3.66. The van der Waals surface area contributed by atoms with Gasteiger partial charge in [0.15, 0.2) is 16.0 Å². The van der Waals surface area contributed by atoms with Gasteiger partial charge in [-0.3, -0.25) is 19.3 Å². The molecule has 2 aromatic heterocycles. The zero-order valence-corrected chi connectivity index (χ0v) is 28.6. The van der Waals surface area contributed by atoms with Crippen LogP contribution in [0, 0.1) is 0 Å². The molecule has 2 aromatic rings. The Morgan fingerprint density at radius 1 is 1.08 bits per heavy atom. The number of anilines is 2. The third-order valence-electron chi connectivity index (χ3n) is 6.12. The van der Waals surface area contributed by atoms with Crippen molar-refractivity contribution in [2.75, 3.05) is 30.4 Å². The highest BCUT2D eigenvalue weighted by Crippen LogP contribution is 2.45. The molecular formula is C26H28N10O11S3. The Morgan fingerprint density at radius 3 is 2.26 bits per heavy atom. The van der Waals surface area contributed by atoms with Gasteiger partial charge in [0.05, 0.1) is 0 Å². The highest BCUT2D eigenvalue weighted by atomic mass is 32.2. The summed E-state index contributed by atoms with van der Waals surface area (Å²) in [6, 6.07) is 0. The number of nitrogen functional groups attached to an aromatic ring is 2. The van der Waals surface area contributed by atoms with Crippen molar-refractivity contribution in [1.29, 1.82) is 0 Å². The number of nitrogens with one attached hydrogen (secondary N) is 2. The Bertz CT molecular complexity index is 1850. The topological polar surface area (TPSA) is 313 Å². The number of aliphatic carboxylic acids is 2. The molecule has 24 heteroatoms. The van der Waals surface area contributed by atoms with E-state index in [0.717, 1.165) is 28.0 Å². The molecule has 8 N–H and O–H groups in total. The number of β-lactam (4-membered cyclic amide) rings is 1. The molecule has 1 unspecified atom stereocenters. The summed E-state index contributed by atoms with van der Waals surface area (Å²) in [6.07, 6.45) is 1.25. The zero-order chi connectivity index (χ0) is 37.0. The molecule has 3 amide bonds. The first-order valence-electron chi connectivity index (χ1n) is 13.8. The summed E-state index contributed by atoms with van der Waals surface area (Å²) < 4.78 is 9.04. The molecule has 50 heavy (non-hydrogen) atoms. The molecule has 1 fully saturated rings. The number of hydrogen-bond acceptors (Lipinski definition) is 19. The van der Waals surface area contributed by atoms with Gasteiger partial charge in [-0.05, 0) is 26.3 Å². The van der Waals surface area contributed by atoms with Crippen LogP contribution in [-0.2, 0) is 43.2 Å². The highest BCUT2D eigenvalue weighted by Gasteiger charge is 2.67. The van der Waals surface area contributed by atoms with Gasteiger partial charge < -0.3 is 46.7 Å². The maximum Gasteiger partial charge on any atom is 0.352 e. The van der Waals surface area contributed by atoms with Gasteiger partial charge in [-0.15, -0.1) is 23.1 Å². The SMILES string of the molecule is C=CC1=C(C(=O)O)N2C(=O)C(NC(=O)C(=NOCC(=O)OC(C)(C)C)c3csc(N)n3)(NC(=O)C(=NOCC(=O)O)c3nsc(N)n3)[C@@H]2SC1. The van der Waals surface area contributed by atoms with E-state index in [1.165, 1.54) is 11.5 Å². The van der Waals surface area contributed by atoms with Crippen molar-refractivity contribution in [2.45, 2.75) is 37.4 Å². The first-order chi connectivity index (χ1) is 23.5. The van der Waals surface area contributed by atoms with Crippen LogP contribution in [0.15, 0.2) is 39.6 Å². The molecule has 266 valence electrons. The smallest absolute Gasteiger partial charge is 0.352 e. The number of aromatic nitrogens is 3. The number of amides is 3. The number of ether oxygens (including phenoxy) is 1. The van der Waals surface area contributed by atoms with Gasteiger partial charge >= 0.3 is 17.9 Å². The Morgan fingerprint density at radius 2 is 1.72 bits per heavy atom. The summed E-state index contributed by atoms with van der Waals surface area (Å²) in [5.74, 6) is -7.81. The van der Waals surface area contributed by atoms with Crippen LogP contribution in [0.2, 0.25) is 0 Å². The van der Waals surface area contributed by atoms with E-state index in [1.54, 1.807) is 20.8 Å². The maximum absolute atomic E-state index is 14.0. The quantitative estimate of drug-likeness (QED) is 0.0447. The lowest BCUT2D eigenvalue weighted by molar-refractivity contribution is -0.162. The van der Waals surface area contributed by atoms with Crippen molar-refractivity contribution >= 4 is 91.9 Å². The molecule has 0 bridgehead atoms. The van der Waals surface area contributed by atoms with Crippen LogP contribution in [-0.4, -0.2) is 112 Å². The van der Waals surface area contributed by atoms with Crippen molar-refractivity contribution in [3.8, 4) is 0 Å². The number of nitrogens with two attached hydrogens (primary N) is 2. The highest BCUT2D eigenvalue weighted by molar-refractivity contribution is 8.00. The number of thiazole rings is 1. The third kappa shape index (κ3) is 8.15. The molecule has 0 spiro atoms. The number of nitrogens with zero attached hydrogens (tertiary/aromatic N) is 6. The van der Waals surface area contributed by atoms with Crippen LogP contribution in [0.3, 0.4) is 0 Å². The summed E-state index contributed by atoms with van der Waals surface area (Å²) in [6.45, 7) is 6.74. The molecule has 2 aliphatic rings. The first-order valence-corrected chi connectivity index (χ1v) is 16.5. The molecule has 0 aliphatic carbocycles. The van der Waals surface area contributed by atoms with Gasteiger partial charge in [-0.2, -0.15) is 9.36 Å². The fraction of sp³-hybridized carbons (Fsp3) is 0.346. The number of hydrogen-bond donors (Lipinski definition) is 6. The number of oxime groups is 2. The number of fused-ring (bicyclic) bond motifs is 1. The van der Waals surface area contributed by atoms with Crippen molar-refractivity contribution in [3.63, 3.8) is 0 Å². The van der Waals surface area contributed by atoms with E-state index in [4.69, 9.17) is 31.0 Å². The minimum atomic E-state index is -2.44. The lowest BCUT2D eigenvalue weighted by Gasteiger charge is -2.56. The zero-order valence-electron chi connectivity index (χ0n) is 26.2. The molecule has 0 radical (unpaired) electrons. The molecule has 21 nitrogen and oxygen atoms in total. The molecule has 4 heterocycles. The van der Waals surface area contributed by atoms with Crippen LogP contribution in [0.25, 0.3) is 0 Å². The molecule has 1 saturated heterocycles. The summed E-state index contributed by atoms with van der Waals surface area (Å²) in [5.41, 5.74) is 6.33. The monoisotopic (exact) mass is 752 g/mol. The number of carboxylic acids is 2. The van der Waals surface area contributed by atoms with Crippen LogP contribution in [0.1, 0.15) is 32.3 Å². The number of thioether (sulfide) groups is 1. The van der Waals surface area contributed by atoms with Gasteiger partial charge in [-0.1, -0.05) is 23.0 Å². The van der Waals surface area contributed by atoms with Crippen molar-refractivity contribution in [3.05, 3.63) is 40.8 Å². The van der Waals surface area contributed by atoms with E-state index in [0.29, 0.717) is 11.5 Å². The number of carbonyl (C=O) groups is 6. The predicted octanol–water partition coefficient (Wildman–Crippen LogP) is -0.905. The average molecular weight is 753 g/mol. The van der Waals surface area contributed by atoms with E-state index in [-0.39, 0.29) is 27.3 Å². The second-order valence-electron chi connectivity index (χ2n) is 10.9. The van der Waals surface area contributed by atoms with Crippen LogP contribution >= 0.6 is 34.6 Å². The molecule has 0 aromatic carbocycles. The Labute approximate surface area is 293 Å². The Balaban J connectivity index is 1.75. The summed E-state index contributed by atoms with van der Waals surface area (Å²) >= 11 is 2.53. The van der Waals surface area contributed by atoms with Gasteiger partial charge in [0.25, 0.3) is 17.7 Å². The van der Waals surface area contributed by atoms with Gasteiger partial charge in [0.1, 0.15) is 22.4 Å². The normalized spacial score (nSPS) is 19.1. The maximum atomic E-state index is 14.0. The Hall–Kier alpha value is -5.62. The number of esters is 1. The summed E-state index contributed by atoms with van der Waals surface area (Å²) in [5, 5.41) is 30.8. The lowest BCUT2D eigenvalue weighted by Crippen LogP contribution is -2.86. The Kier molecular flexibility index (Phi) is 11.1. The van der Waals surface area contributed by atoms with Gasteiger partial charge in [0.2, 0.25) is 30.4 Å². The standard InChI is InChI=1S/C26H28N10O11S3/c1-5-10-8-48-22-26(21(44)36(22)16(10)20(42)43,32-19(41)15(34-45-6-12(37)38)17-30-24(28)50-35-17)31-18(40)14(11-9-49-23(27)29-11)33-46-7-13(39)47-25(2,3)4/h5,9,22H,1,6-8H2,2-4H3,(H2,27,29)(H,31,40)(H,32,41)(H,37,38)(H,42,43)(H2,28,30,35)/t22-,26?/m0/s1. The summed E-state index contributed by atoms with van der Waals surface area (Å²) in [7, 11) is 0. The fourth-order valence-electron chi connectivity index (χ4n) is 4.26. The predicted molar refractivity (Wildman–Crippen MR) is 176 cm³/mol. The van der Waals surface area contributed by atoms with Crippen molar-refractivity contribution < 1.29 is 53.4 Å². The molecule has 0 saturated carbocycles. The van der Waals surface area contributed by atoms with E-state index in [2.05, 4.69) is 41.9 Å². The van der Waals surface area contributed by atoms with Gasteiger partial charge in [0, 0.05) is 22.7 Å². The first kappa shape index (κ1) is 37.2. The van der Waals surface area contributed by atoms with Crippen LogP contribution in [0.5, 0.6) is 0 Å². The van der Waals surface area contributed by atoms with Crippen molar-refractivity contribution in [2.24, 2.45) is 10.3 Å². The minimum absolute atomic E-state index is 0.00910. The van der Waals surface area contributed by atoms with Gasteiger partial charge in [-0.25, -0.2) is 19.4 Å². The third-order valence-corrected chi connectivity index (χ3v) is 8.70. The lowest BCUT2D eigenvalue weighted by atomic mass is 9.93. The van der Waals surface area contributed by atoms with Crippen LogP contribution < -0.4 is 22.1 Å². The second-order valence-corrected chi connectivity index (χ2v) is 13.6. The summed E-state index contributed by atoms with van der Waals surface area (Å²) in [4.78, 5) is 95.7. The second kappa shape index (κ2) is 14.9. The number of allylic oxidation sites excluding steroid dienone is 1. The molecule has 4 rings (SSSR count). The number of carbonyl (C=O) groups excluding carboxylic acids is 4. The largest absolute Gasteiger partial charge is 0.479 e. The minimum Gasteiger partial charge on any atom is -0.479 e. The number of carboxylic acid groups (broad SMARTS) is 2. The fourth-order valence-corrected chi connectivity index (χ4v) is 6.66. The molecule has 2 atom stereocenters. The molecule has 2 aliphatic heterocycles. The number of rotatable bonds is 14. The van der Waals surface area contributed by atoms with E-state index in [1.807, 2.05) is 0 Å². The van der Waals surface area contributed by atoms with Crippen LogP contribution in [0.4, 0.5) is 10.3 Å².